The van der Waals surface area contributed by atoms with E-state index in [1.807, 2.05) is 45.2 Å². The zero-order valence-electron chi connectivity index (χ0n) is 11.7. The Morgan fingerprint density at radius 2 is 2.21 bits per heavy atom. The number of aryl methyl sites for hydroxylation is 1. The van der Waals surface area contributed by atoms with Gasteiger partial charge in [0.15, 0.2) is 0 Å². The van der Waals surface area contributed by atoms with Gasteiger partial charge in [-0.2, -0.15) is 5.10 Å². The van der Waals surface area contributed by atoms with Crippen molar-refractivity contribution in [2.75, 3.05) is 5.32 Å². The first-order valence-electron chi connectivity index (χ1n) is 6.36. The van der Waals surface area contributed by atoms with Crippen LogP contribution in [0.3, 0.4) is 0 Å². The SMILES string of the molecule is CCc1[nH]nc(-c2cccs2)c1NC(=O)C(C)(C)C. The first-order valence-corrected chi connectivity index (χ1v) is 7.24. The molecule has 0 aromatic carbocycles. The van der Waals surface area contributed by atoms with Gasteiger partial charge in [-0.25, -0.2) is 0 Å². The Morgan fingerprint density at radius 1 is 1.47 bits per heavy atom. The zero-order valence-corrected chi connectivity index (χ0v) is 12.5. The molecule has 0 radical (unpaired) electrons. The Hall–Kier alpha value is -1.62. The minimum absolute atomic E-state index is 0.00130. The van der Waals surface area contributed by atoms with Crippen LogP contribution in [0, 0.1) is 5.41 Å². The van der Waals surface area contributed by atoms with Crippen LogP contribution in [0.2, 0.25) is 0 Å². The lowest BCUT2D eigenvalue weighted by atomic mass is 9.95. The number of amides is 1. The van der Waals surface area contributed by atoms with E-state index in [1.165, 1.54) is 0 Å². The molecule has 2 heterocycles. The topological polar surface area (TPSA) is 57.8 Å². The number of thiophene rings is 1. The van der Waals surface area contributed by atoms with Crippen molar-refractivity contribution < 1.29 is 4.79 Å². The van der Waals surface area contributed by atoms with Gasteiger partial charge in [0.2, 0.25) is 5.91 Å². The fourth-order valence-electron chi connectivity index (χ4n) is 1.66. The van der Waals surface area contributed by atoms with Gasteiger partial charge < -0.3 is 5.32 Å². The predicted molar refractivity (Wildman–Crippen MR) is 79.4 cm³/mol. The van der Waals surface area contributed by atoms with Gasteiger partial charge in [-0.1, -0.05) is 33.8 Å². The van der Waals surface area contributed by atoms with E-state index < -0.39 is 5.41 Å². The molecule has 1 amide bonds. The summed E-state index contributed by atoms with van der Waals surface area (Å²) < 4.78 is 0. The molecule has 19 heavy (non-hydrogen) atoms. The van der Waals surface area contributed by atoms with E-state index in [9.17, 15) is 4.79 Å². The fourth-order valence-corrected chi connectivity index (χ4v) is 2.38. The van der Waals surface area contributed by atoms with Crippen molar-refractivity contribution in [3.63, 3.8) is 0 Å². The monoisotopic (exact) mass is 277 g/mol. The zero-order chi connectivity index (χ0) is 14.0. The largest absolute Gasteiger partial charge is 0.322 e. The third kappa shape index (κ3) is 2.87. The van der Waals surface area contributed by atoms with Crippen molar-refractivity contribution in [2.45, 2.75) is 34.1 Å². The van der Waals surface area contributed by atoms with E-state index >= 15 is 0 Å². The molecule has 5 heteroatoms. The Labute approximate surface area is 117 Å². The summed E-state index contributed by atoms with van der Waals surface area (Å²) in [5.74, 6) is 0.00130. The Balaban J connectivity index is 2.38. The van der Waals surface area contributed by atoms with Crippen LogP contribution in [0.1, 0.15) is 33.4 Å². The van der Waals surface area contributed by atoms with E-state index in [2.05, 4.69) is 15.5 Å². The summed E-state index contributed by atoms with van der Waals surface area (Å²) in [6, 6.07) is 3.99. The maximum absolute atomic E-state index is 12.2. The smallest absolute Gasteiger partial charge is 0.229 e. The second kappa shape index (κ2) is 5.17. The molecule has 102 valence electrons. The van der Waals surface area contributed by atoms with Crippen molar-refractivity contribution in [1.82, 2.24) is 10.2 Å². The average Bonchev–Trinajstić information content (AvgIpc) is 2.95. The van der Waals surface area contributed by atoms with Crippen LogP contribution in [-0.4, -0.2) is 16.1 Å². The lowest BCUT2D eigenvalue weighted by Crippen LogP contribution is -2.28. The molecule has 0 saturated heterocycles. The first-order chi connectivity index (χ1) is 8.93. The molecule has 0 atom stereocenters. The Kier molecular flexibility index (Phi) is 3.75. The molecular formula is C14H19N3OS. The lowest BCUT2D eigenvalue weighted by molar-refractivity contribution is -0.123. The van der Waals surface area contributed by atoms with Crippen LogP contribution < -0.4 is 5.32 Å². The summed E-state index contributed by atoms with van der Waals surface area (Å²) in [6.45, 7) is 7.75. The number of nitrogens with zero attached hydrogens (tertiary/aromatic N) is 1. The van der Waals surface area contributed by atoms with E-state index in [4.69, 9.17) is 0 Å². The van der Waals surface area contributed by atoms with Crippen LogP contribution in [0.5, 0.6) is 0 Å². The van der Waals surface area contributed by atoms with Gasteiger partial charge in [-0.05, 0) is 17.9 Å². The number of rotatable bonds is 3. The highest BCUT2D eigenvalue weighted by atomic mass is 32.1. The Morgan fingerprint density at radius 3 is 2.74 bits per heavy atom. The fraction of sp³-hybridized carbons (Fsp3) is 0.429. The van der Waals surface area contributed by atoms with Crippen LogP contribution >= 0.6 is 11.3 Å². The molecule has 2 aromatic rings. The molecule has 0 aliphatic carbocycles. The second-order valence-electron chi connectivity index (χ2n) is 5.46. The maximum atomic E-state index is 12.2. The van der Waals surface area contributed by atoms with Gasteiger partial charge in [0.1, 0.15) is 5.69 Å². The highest BCUT2D eigenvalue weighted by Gasteiger charge is 2.24. The van der Waals surface area contributed by atoms with Gasteiger partial charge in [0.25, 0.3) is 0 Å². The highest BCUT2D eigenvalue weighted by molar-refractivity contribution is 7.13. The van der Waals surface area contributed by atoms with E-state index in [0.717, 1.165) is 28.4 Å². The standard InChI is InChI=1S/C14H19N3OS/c1-5-9-11(15-13(18)14(2,3)4)12(17-16-9)10-7-6-8-19-10/h6-8H,5H2,1-4H3,(H,15,18)(H,16,17). The quantitative estimate of drug-likeness (QED) is 0.899. The molecule has 0 bridgehead atoms. The Bertz CT molecular complexity index is 564. The summed E-state index contributed by atoms with van der Waals surface area (Å²) in [7, 11) is 0. The van der Waals surface area contributed by atoms with Gasteiger partial charge in [-0.15, -0.1) is 11.3 Å². The van der Waals surface area contributed by atoms with Crippen molar-refractivity contribution in [2.24, 2.45) is 5.41 Å². The van der Waals surface area contributed by atoms with Crippen molar-refractivity contribution in [1.29, 1.82) is 0 Å². The summed E-state index contributed by atoms with van der Waals surface area (Å²) >= 11 is 1.61. The number of aromatic nitrogens is 2. The van der Waals surface area contributed by atoms with Gasteiger partial charge >= 0.3 is 0 Å². The van der Waals surface area contributed by atoms with Crippen LogP contribution in [0.25, 0.3) is 10.6 Å². The van der Waals surface area contributed by atoms with Crippen LogP contribution in [-0.2, 0) is 11.2 Å². The highest BCUT2D eigenvalue weighted by Crippen LogP contribution is 2.33. The molecule has 0 unspecified atom stereocenters. The molecule has 0 saturated carbocycles. The summed E-state index contributed by atoms with van der Waals surface area (Å²) in [5.41, 5.74) is 2.17. The molecule has 2 N–H and O–H groups in total. The average molecular weight is 277 g/mol. The summed E-state index contributed by atoms with van der Waals surface area (Å²) in [4.78, 5) is 13.2. The van der Waals surface area contributed by atoms with Gasteiger partial charge in [-0.3, -0.25) is 9.89 Å². The van der Waals surface area contributed by atoms with Crippen molar-refractivity contribution in [3.05, 3.63) is 23.2 Å². The molecule has 0 aliphatic rings. The lowest BCUT2D eigenvalue weighted by Gasteiger charge is -2.18. The molecular weight excluding hydrogens is 258 g/mol. The molecule has 4 nitrogen and oxygen atoms in total. The third-order valence-corrected chi connectivity index (χ3v) is 3.75. The predicted octanol–water partition coefficient (Wildman–Crippen LogP) is 3.69. The van der Waals surface area contributed by atoms with Crippen molar-refractivity contribution in [3.8, 4) is 10.6 Å². The van der Waals surface area contributed by atoms with Crippen LogP contribution in [0.4, 0.5) is 5.69 Å². The third-order valence-electron chi connectivity index (χ3n) is 2.87. The first kappa shape index (κ1) is 13.8. The number of hydrogen-bond acceptors (Lipinski definition) is 3. The molecule has 0 spiro atoms. The van der Waals surface area contributed by atoms with Crippen LogP contribution in [0.15, 0.2) is 17.5 Å². The van der Waals surface area contributed by atoms with Crippen molar-refractivity contribution >= 4 is 22.9 Å². The summed E-state index contributed by atoms with van der Waals surface area (Å²) in [6.07, 6.45) is 0.804. The molecule has 0 fully saturated rings. The molecule has 2 rings (SSSR count). The summed E-state index contributed by atoms with van der Waals surface area (Å²) in [5, 5.41) is 12.4. The van der Waals surface area contributed by atoms with E-state index in [1.54, 1.807) is 11.3 Å². The number of carbonyl (C=O) groups excluding carboxylic acids is 1. The van der Waals surface area contributed by atoms with E-state index in [0.29, 0.717) is 0 Å². The number of nitrogens with one attached hydrogen (secondary N) is 2. The minimum Gasteiger partial charge on any atom is -0.322 e. The number of anilines is 1. The number of hydrogen-bond donors (Lipinski definition) is 2. The number of carbonyl (C=O) groups is 1. The minimum atomic E-state index is -0.422. The van der Waals surface area contributed by atoms with E-state index in [-0.39, 0.29) is 5.91 Å². The van der Waals surface area contributed by atoms with Gasteiger partial charge in [0.05, 0.1) is 16.3 Å². The normalized spacial score (nSPS) is 11.6. The number of H-pyrrole nitrogens is 1. The maximum Gasteiger partial charge on any atom is 0.229 e. The molecule has 0 aliphatic heterocycles. The number of aromatic amines is 1. The second-order valence-corrected chi connectivity index (χ2v) is 6.41. The molecule has 2 aromatic heterocycles. The van der Waals surface area contributed by atoms with Gasteiger partial charge in [0, 0.05) is 5.41 Å².